The maximum absolute atomic E-state index is 14.9. The number of carbonyl (C=O) groups is 2. The largest absolute Gasteiger partial charge is 0.353 e. The molecule has 8 heteroatoms. The molecule has 15 rings (SSSR count). The standard InChI is InChI=1S/C58H35N5O3/c1-30(64)39-27-32(24-26-47(39)61-44-20-10-6-16-37(44)51-52-41(29-60(2)58(52)66)48-34-13-3-8-18-42(34)59-53(48)54(51)61)31-23-25-33-40(28-31)50-36-15-5-11-21-45(36)63-56(50)55-49(33)35-14-4-9-19-43(35)62(55)46-22-12-7-17-38(46)57(63)65/h3-28,59H,29H2,1-2H3. The Morgan fingerprint density at radius 2 is 1.08 bits per heavy atom. The summed E-state index contributed by atoms with van der Waals surface area (Å²) in [5.74, 6) is -0.0713. The molecule has 0 fully saturated rings. The molecule has 1 aliphatic rings. The Morgan fingerprint density at radius 3 is 1.80 bits per heavy atom. The van der Waals surface area contributed by atoms with E-state index in [-0.39, 0.29) is 17.2 Å². The summed E-state index contributed by atoms with van der Waals surface area (Å²) < 4.78 is 6.41. The van der Waals surface area contributed by atoms with Crippen LogP contribution >= 0.6 is 0 Å². The van der Waals surface area contributed by atoms with Gasteiger partial charge < -0.3 is 18.9 Å². The Morgan fingerprint density at radius 1 is 0.515 bits per heavy atom. The number of rotatable bonds is 3. The van der Waals surface area contributed by atoms with Crippen LogP contribution in [0.5, 0.6) is 0 Å². The lowest BCUT2D eigenvalue weighted by Crippen LogP contribution is -2.17. The Balaban J connectivity index is 1.04. The number of aromatic nitrogens is 4. The van der Waals surface area contributed by atoms with Crippen molar-refractivity contribution in [2.75, 3.05) is 7.05 Å². The van der Waals surface area contributed by atoms with Gasteiger partial charge >= 0.3 is 0 Å². The zero-order valence-electron chi connectivity index (χ0n) is 35.7. The van der Waals surface area contributed by atoms with Crippen molar-refractivity contribution in [2.45, 2.75) is 13.5 Å². The Kier molecular flexibility index (Phi) is 6.64. The molecule has 1 aliphatic heterocycles. The predicted molar refractivity (Wildman–Crippen MR) is 268 cm³/mol. The van der Waals surface area contributed by atoms with Gasteiger partial charge in [0.15, 0.2) is 5.78 Å². The number of nitrogens with one attached hydrogen (secondary N) is 1. The van der Waals surface area contributed by atoms with Crippen LogP contribution in [-0.2, 0) is 6.54 Å². The van der Waals surface area contributed by atoms with Crippen LogP contribution in [0, 0.1) is 0 Å². The molecule has 8 nitrogen and oxygen atoms in total. The second kappa shape index (κ2) is 12.3. The van der Waals surface area contributed by atoms with Crippen LogP contribution in [-0.4, -0.2) is 42.0 Å². The third kappa shape index (κ3) is 4.22. The highest BCUT2D eigenvalue weighted by molar-refractivity contribution is 6.37. The summed E-state index contributed by atoms with van der Waals surface area (Å²) >= 11 is 0. The van der Waals surface area contributed by atoms with Gasteiger partial charge in [0.05, 0.1) is 60.8 Å². The highest BCUT2D eigenvalue weighted by Crippen LogP contribution is 2.48. The van der Waals surface area contributed by atoms with Crippen molar-refractivity contribution < 1.29 is 9.59 Å². The summed E-state index contributed by atoms with van der Waals surface area (Å²) in [7, 11) is 1.87. The van der Waals surface area contributed by atoms with Crippen molar-refractivity contribution in [3.63, 3.8) is 0 Å². The van der Waals surface area contributed by atoms with Crippen LogP contribution in [0.3, 0.4) is 0 Å². The van der Waals surface area contributed by atoms with Crippen LogP contribution in [0.4, 0.5) is 0 Å². The highest BCUT2D eigenvalue weighted by Gasteiger charge is 2.34. The van der Waals surface area contributed by atoms with E-state index in [1.54, 1.807) is 11.8 Å². The molecule has 14 aromatic rings. The maximum atomic E-state index is 14.9. The molecule has 0 saturated carbocycles. The monoisotopic (exact) mass is 849 g/mol. The Bertz CT molecular complexity index is 4660. The molecule has 1 N–H and O–H groups in total. The number of para-hydroxylation sites is 5. The third-order valence-electron chi connectivity index (χ3n) is 14.7. The van der Waals surface area contributed by atoms with E-state index in [2.05, 4.69) is 105 Å². The molecule has 310 valence electrons. The summed E-state index contributed by atoms with van der Waals surface area (Å²) in [6.07, 6.45) is 0. The quantitative estimate of drug-likeness (QED) is 0.180. The van der Waals surface area contributed by atoms with Gasteiger partial charge in [0.25, 0.3) is 11.5 Å². The van der Waals surface area contributed by atoms with Gasteiger partial charge in [-0.2, -0.15) is 0 Å². The number of carbonyl (C=O) groups excluding carboxylic acids is 2. The molecule has 0 bridgehead atoms. The van der Waals surface area contributed by atoms with Crippen LogP contribution in [0.15, 0.2) is 163 Å². The van der Waals surface area contributed by atoms with E-state index >= 15 is 0 Å². The van der Waals surface area contributed by atoms with E-state index < -0.39 is 0 Å². The van der Waals surface area contributed by atoms with E-state index in [4.69, 9.17) is 0 Å². The topological polar surface area (TPSA) is 84.0 Å². The normalized spacial score (nSPS) is 13.4. The first-order chi connectivity index (χ1) is 32.4. The first kappa shape index (κ1) is 35.7. The average Bonchev–Trinajstić information content (AvgIpc) is 4.14. The number of nitrogens with zero attached hydrogens (tertiary/aromatic N) is 4. The molecule has 66 heavy (non-hydrogen) atoms. The molecule has 6 heterocycles. The van der Waals surface area contributed by atoms with E-state index in [0.29, 0.717) is 17.5 Å². The minimum Gasteiger partial charge on any atom is -0.353 e. The van der Waals surface area contributed by atoms with E-state index in [1.165, 1.54) is 0 Å². The van der Waals surface area contributed by atoms with Gasteiger partial charge in [-0.3, -0.25) is 18.8 Å². The number of Topliss-reactive ketones (excluding diaryl/α,β-unsaturated/α-hetero) is 1. The lowest BCUT2D eigenvalue weighted by molar-refractivity contribution is 0.0817. The maximum Gasteiger partial charge on any atom is 0.265 e. The molecule has 0 aliphatic carbocycles. The lowest BCUT2D eigenvalue weighted by Gasteiger charge is -2.15. The van der Waals surface area contributed by atoms with Crippen molar-refractivity contribution in [3.8, 4) is 16.8 Å². The van der Waals surface area contributed by atoms with Gasteiger partial charge in [-0.25, -0.2) is 0 Å². The van der Waals surface area contributed by atoms with Crippen LogP contribution in [0.1, 0.15) is 33.2 Å². The number of hydrogen-bond donors (Lipinski definition) is 1. The number of H-pyrrole nitrogens is 1. The first-order valence-corrected chi connectivity index (χ1v) is 22.3. The van der Waals surface area contributed by atoms with Crippen molar-refractivity contribution in [2.24, 2.45) is 0 Å². The van der Waals surface area contributed by atoms with Gasteiger partial charge in [-0.05, 0) is 89.0 Å². The van der Waals surface area contributed by atoms with Gasteiger partial charge in [0, 0.05) is 67.8 Å². The number of fused-ring (bicyclic) bond motifs is 21. The summed E-state index contributed by atoms with van der Waals surface area (Å²) in [6, 6.07) is 53.9. The Labute approximate surface area is 374 Å². The highest BCUT2D eigenvalue weighted by atomic mass is 16.2. The number of benzene rings is 9. The molecule has 9 aromatic carbocycles. The van der Waals surface area contributed by atoms with Gasteiger partial charge in [-0.15, -0.1) is 0 Å². The average molecular weight is 850 g/mol. The second-order valence-corrected chi connectivity index (χ2v) is 18.0. The second-order valence-electron chi connectivity index (χ2n) is 18.0. The number of amides is 1. The SMILES string of the molecule is CC(=O)c1cc(-c2ccc3c(c2)c2c4ccccc4n4c(=O)c5ccccc5n5c6ccccc6c3c5c24)ccc1-n1c2ccccc2c2c3c(c4c5ccccc5[nH]c4c21)CN(C)C3=O. The van der Waals surface area contributed by atoms with Crippen molar-refractivity contribution in [3.05, 3.63) is 185 Å². The fourth-order valence-corrected chi connectivity index (χ4v) is 12.0. The smallest absolute Gasteiger partial charge is 0.265 e. The summed E-state index contributed by atoms with van der Waals surface area (Å²) in [5.41, 5.74) is 13.3. The molecule has 0 atom stereocenters. The van der Waals surface area contributed by atoms with Gasteiger partial charge in [0.2, 0.25) is 0 Å². The molecule has 0 spiro atoms. The molecule has 0 radical (unpaired) electrons. The number of ketones is 1. The minimum absolute atomic E-state index is 0.00175. The molecule has 5 aromatic heterocycles. The fraction of sp³-hybridized carbons (Fsp3) is 0.0517. The van der Waals surface area contributed by atoms with Crippen molar-refractivity contribution >= 4 is 121 Å². The predicted octanol–water partition coefficient (Wildman–Crippen LogP) is 12.9. The minimum atomic E-state index is -0.0696. The van der Waals surface area contributed by atoms with Gasteiger partial charge in [-0.1, -0.05) is 103 Å². The van der Waals surface area contributed by atoms with Crippen LogP contribution < -0.4 is 5.56 Å². The van der Waals surface area contributed by atoms with Crippen molar-refractivity contribution in [1.29, 1.82) is 0 Å². The first-order valence-electron chi connectivity index (χ1n) is 22.3. The lowest BCUT2D eigenvalue weighted by atomic mass is 9.93. The van der Waals surface area contributed by atoms with E-state index in [1.807, 2.05) is 78.2 Å². The molecular formula is C58H35N5O3. The zero-order valence-corrected chi connectivity index (χ0v) is 35.7. The summed E-state index contributed by atoms with van der Waals surface area (Å²) in [4.78, 5) is 48.8. The van der Waals surface area contributed by atoms with Gasteiger partial charge in [0.1, 0.15) is 0 Å². The van der Waals surface area contributed by atoms with E-state index in [9.17, 15) is 14.4 Å². The van der Waals surface area contributed by atoms with E-state index in [0.717, 1.165) is 131 Å². The summed E-state index contributed by atoms with van der Waals surface area (Å²) in [6.45, 7) is 2.15. The number of aromatic amines is 1. The Hall–Kier alpha value is -8.75. The third-order valence-corrected chi connectivity index (χ3v) is 14.7. The molecular weight excluding hydrogens is 815 g/mol. The van der Waals surface area contributed by atoms with Crippen LogP contribution in [0.2, 0.25) is 0 Å². The fourth-order valence-electron chi connectivity index (χ4n) is 12.0. The molecule has 0 unspecified atom stereocenters. The zero-order chi connectivity index (χ0) is 43.9. The molecule has 0 saturated heterocycles. The summed E-state index contributed by atoms with van der Waals surface area (Å²) in [5, 5.41) is 11.0. The van der Waals surface area contributed by atoms with Crippen LogP contribution in [0.25, 0.3) is 126 Å². The van der Waals surface area contributed by atoms with Crippen molar-refractivity contribution in [1.82, 2.24) is 23.3 Å². The number of hydrogen-bond acceptors (Lipinski definition) is 3. The molecule has 1 amide bonds.